The van der Waals surface area contributed by atoms with E-state index in [0.717, 1.165) is 17.5 Å². The molecule has 0 saturated heterocycles. The van der Waals surface area contributed by atoms with Crippen LogP contribution in [0.15, 0.2) is 89.8 Å². The molecule has 4 rings (SSSR count). The van der Waals surface area contributed by atoms with Gasteiger partial charge in [-0.15, -0.1) is 0 Å². The highest BCUT2D eigenvalue weighted by molar-refractivity contribution is 7.89. The highest BCUT2D eigenvalue weighted by Gasteiger charge is 2.45. The average molecular weight is 378 g/mol. The second-order valence-electron chi connectivity index (χ2n) is 7.24. The maximum atomic E-state index is 13.0. The third kappa shape index (κ3) is 3.97. The molecule has 3 nitrogen and oxygen atoms in total. The Kier molecular flexibility index (Phi) is 4.85. The van der Waals surface area contributed by atoms with E-state index < -0.39 is 10.0 Å². The largest absolute Gasteiger partial charge is 0.241 e. The average Bonchev–Trinajstić information content (AvgIpc) is 3.49. The summed E-state index contributed by atoms with van der Waals surface area (Å²) in [6.45, 7) is 1.95. The van der Waals surface area contributed by atoms with Crippen LogP contribution < -0.4 is 4.72 Å². The molecule has 3 aromatic rings. The monoisotopic (exact) mass is 377 g/mol. The molecule has 0 heterocycles. The molecule has 0 aliphatic heterocycles. The van der Waals surface area contributed by atoms with Crippen LogP contribution in [0.25, 0.3) is 0 Å². The summed E-state index contributed by atoms with van der Waals surface area (Å²) in [4.78, 5) is 0.311. The first-order valence-electron chi connectivity index (χ1n) is 9.23. The van der Waals surface area contributed by atoms with Crippen LogP contribution in [0.5, 0.6) is 0 Å². The predicted molar refractivity (Wildman–Crippen MR) is 108 cm³/mol. The molecule has 3 atom stereocenters. The predicted octanol–water partition coefficient (Wildman–Crippen LogP) is 4.82. The van der Waals surface area contributed by atoms with Gasteiger partial charge in [0.2, 0.25) is 10.0 Å². The second kappa shape index (κ2) is 7.29. The smallest absolute Gasteiger partial charge is 0.207 e. The maximum absolute atomic E-state index is 13.0. The Hall–Kier alpha value is -2.43. The van der Waals surface area contributed by atoms with Crippen molar-refractivity contribution in [3.63, 3.8) is 0 Å². The third-order valence-electron chi connectivity index (χ3n) is 5.27. The summed E-state index contributed by atoms with van der Waals surface area (Å²) in [6.07, 6.45) is 0.986. The van der Waals surface area contributed by atoms with E-state index in [0.29, 0.717) is 10.8 Å². The van der Waals surface area contributed by atoms with Crippen molar-refractivity contribution in [2.75, 3.05) is 0 Å². The Morgan fingerprint density at radius 3 is 2.07 bits per heavy atom. The van der Waals surface area contributed by atoms with Gasteiger partial charge in [0, 0.05) is 0 Å². The molecule has 0 aromatic heterocycles. The third-order valence-corrected chi connectivity index (χ3v) is 6.72. The molecular formula is C23H23NO2S. The van der Waals surface area contributed by atoms with Crippen molar-refractivity contribution in [3.8, 4) is 0 Å². The molecule has 1 saturated carbocycles. The summed E-state index contributed by atoms with van der Waals surface area (Å²) in [6, 6.07) is 27.0. The van der Waals surface area contributed by atoms with Crippen LogP contribution >= 0.6 is 0 Å². The number of nitrogens with one attached hydrogen (secondary N) is 1. The van der Waals surface area contributed by atoms with E-state index in [2.05, 4.69) is 16.9 Å². The van der Waals surface area contributed by atoms with Gasteiger partial charge < -0.3 is 0 Å². The highest BCUT2D eigenvalue weighted by atomic mass is 32.2. The van der Waals surface area contributed by atoms with E-state index in [-0.39, 0.29) is 12.0 Å². The van der Waals surface area contributed by atoms with E-state index in [1.807, 2.05) is 67.6 Å². The van der Waals surface area contributed by atoms with Gasteiger partial charge in [-0.2, -0.15) is 0 Å². The molecule has 27 heavy (non-hydrogen) atoms. The summed E-state index contributed by atoms with van der Waals surface area (Å²) < 4.78 is 29.0. The van der Waals surface area contributed by atoms with Gasteiger partial charge in [0.05, 0.1) is 10.9 Å². The minimum absolute atomic E-state index is 0.234. The number of hydrogen-bond acceptors (Lipinski definition) is 2. The van der Waals surface area contributed by atoms with Crippen LogP contribution in [0.4, 0.5) is 0 Å². The lowest BCUT2D eigenvalue weighted by Crippen LogP contribution is -2.30. The number of rotatable bonds is 6. The van der Waals surface area contributed by atoms with Crippen LogP contribution in [0.2, 0.25) is 0 Å². The minimum atomic E-state index is -3.59. The zero-order valence-corrected chi connectivity index (χ0v) is 16.1. The van der Waals surface area contributed by atoms with E-state index in [9.17, 15) is 8.42 Å². The van der Waals surface area contributed by atoms with Crippen LogP contribution in [0, 0.1) is 12.8 Å². The molecule has 1 aliphatic rings. The summed E-state index contributed by atoms with van der Waals surface area (Å²) in [5, 5.41) is 0. The lowest BCUT2D eigenvalue weighted by Gasteiger charge is -2.20. The molecule has 1 N–H and O–H groups in total. The van der Waals surface area contributed by atoms with E-state index >= 15 is 0 Å². The Balaban J connectivity index is 1.63. The molecule has 1 fully saturated rings. The SMILES string of the molecule is Cc1ccc(S(=O)(=O)NC(c2ccccc2)C2CC2c2ccccc2)cc1. The van der Waals surface area contributed by atoms with Gasteiger partial charge in [0.15, 0.2) is 0 Å². The van der Waals surface area contributed by atoms with Crippen LogP contribution in [-0.2, 0) is 10.0 Å². The summed E-state index contributed by atoms with van der Waals surface area (Å²) in [5.74, 6) is 0.646. The van der Waals surface area contributed by atoms with Gasteiger partial charge in [-0.05, 0) is 48.4 Å². The van der Waals surface area contributed by atoms with Crippen LogP contribution in [0.1, 0.15) is 35.1 Å². The Bertz CT molecular complexity index is 999. The first-order chi connectivity index (χ1) is 13.0. The van der Waals surface area contributed by atoms with Gasteiger partial charge in [0.1, 0.15) is 0 Å². The molecule has 138 valence electrons. The molecule has 0 spiro atoms. The first kappa shape index (κ1) is 18.0. The lowest BCUT2D eigenvalue weighted by molar-refractivity contribution is 0.522. The van der Waals surface area contributed by atoms with Crippen LogP contribution in [-0.4, -0.2) is 8.42 Å². The second-order valence-corrected chi connectivity index (χ2v) is 8.95. The molecular weight excluding hydrogens is 354 g/mol. The number of hydrogen-bond donors (Lipinski definition) is 1. The fraction of sp³-hybridized carbons (Fsp3) is 0.217. The fourth-order valence-electron chi connectivity index (χ4n) is 3.68. The molecule has 0 amide bonds. The molecule has 0 bridgehead atoms. The summed E-state index contributed by atoms with van der Waals surface area (Å²) in [7, 11) is -3.59. The van der Waals surface area contributed by atoms with Crippen molar-refractivity contribution in [1.29, 1.82) is 0 Å². The number of aryl methyl sites for hydroxylation is 1. The van der Waals surface area contributed by atoms with Gasteiger partial charge in [-0.3, -0.25) is 0 Å². The zero-order valence-electron chi connectivity index (χ0n) is 15.2. The molecule has 1 aliphatic carbocycles. The number of sulfonamides is 1. The van der Waals surface area contributed by atoms with Crippen molar-refractivity contribution in [3.05, 3.63) is 102 Å². The molecule has 4 heteroatoms. The summed E-state index contributed by atoms with van der Waals surface area (Å²) >= 11 is 0. The van der Waals surface area contributed by atoms with Gasteiger partial charge in [0.25, 0.3) is 0 Å². The van der Waals surface area contributed by atoms with E-state index in [1.165, 1.54) is 5.56 Å². The van der Waals surface area contributed by atoms with E-state index in [4.69, 9.17) is 0 Å². The Labute approximate surface area is 161 Å². The van der Waals surface area contributed by atoms with Crippen molar-refractivity contribution in [2.24, 2.45) is 5.92 Å². The fourth-order valence-corrected chi connectivity index (χ4v) is 4.96. The Morgan fingerprint density at radius 2 is 1.44 bits per heavy atom. The van der Waals surface area contributed by atoms with Gasteiger partial charge in [-0.25, -0.2) is 13.1 Å². The number of benzene rings is 3. The lowest BCUT2D eigenvalue weighted by atomic mass is 10.00. The molecule has 0 radical (unpaired) electrons. The minimum Gasteiger partial charge on any atom is -0.207 e. The standard InChI is InChI=1S/C23H23NO2S/c1-17-12-14-20(15-13-17)27(25,26)24-23(19-10-6-3-7-11-19)22-16-21(22)18-8-4-2-5-9-18/h2-15,21-24H,16H2,1H3. The van der Waals surface area contributed by atoms with Crippen molar-refractivity contribution < 1.29 is 8.42 Å². The topological polar surface area (TPSA) is 46.2 Å². The maximum Gasteiger partial charge on any atom is 0.241 e. The van der Waals surface area contributed by atoms with E-state index in [1.54, 1.807) is 12.1 Å². The highest BCUT2D eigenvalue weighted by Crippen LogP contribution is 2.54. The van der Waals surface area contributed by atoms with Gasteiger partial charge >= 0.3 is 0 Å². The van der Waals surface area contributed by atoms with Crippen molar-refractivity contribution in [1.82, 2.24) is 4.72 Å². The zero-order chi connectivity index (χ0) is 18.9. The quantitative estimate of drug-likeness (QED) is 0.669. The van der Waals surface area contributed by atoms with Gasteiger partial charge in [-0.1, -0.05) is 78.4 Å². The molecule has 3 unspecified atom stereocenters. The molecule has 3 aromatic carbocycles. The van der Waals surface area contributed by atoms with Crippen molar-refractivity contribution >= 4 is 10.0 Å². The first-order valence-corrected chi connectivity index (χ1v) is 10.7. The van der Waals surface area contributed by atoms with Crippen molar-refractivity contribution in [2.45, 2.75) is 30.2 Å². The summed E-state index contributed by atoms with van der Waals surface area (Å²) in [5.41, 5.74) is 3.33. The van der Waals surface area contributed by atoms with Crippen LogP contribution in [0.3, 0.4) is 0 Å². The normalized spacial score (nSPS) is 20.2. The Morgan fingerprint density at radius 1 is 0.852 bits per heavy atom.